The molecule has 1 fully saturated rings. The van der Waals surface area contributed by atoms with Crippen LogP contribution in [0.15, 0.2) is 42.5 Å². The summed E-state index contributed by atoms with van der Waals surface area (Å²) in [5.41, 5.74) is 3.76. The Hall–Kier alpha value is -2.04. The van der Waals surface area contributed by atoms with Crippen molar-refractivity contribution in [1.82, 2.24) is 4.90 Å². The Morgan fingerprint density at radius 3 is 2.58 bits per heavy atom. The van der Waals surface area contributed by atoms with E-state index in [2.05, 4.69) is 4.90 Å². The standard InChI is InChI=1S/C21H25ClN2O2/c1-16-6-2-3-7-18(16)15-24(12-13-25)21(26)17-8-9-20(19(22)14-17)23-10-4-5-11-23/h2-3,6-9,14,25H,4-5,10-13,15H2,1H3. The van der Waals surface area contributed by atoms with E-state index in [9.17, 15) is 9.90 Å². The predicted octanol–water partition coefficient (Wildman–Crippen LogP) is 3.88. The van der Waals surface area contributed by atoms with Crippen molar-refractivity contribution < 1.29 is 9.90 Å². The molecule has 5 heteroatoms. The van der Waals surface area contributed by atoms with Crippen LogP contribution >= 0.6 is 11.6 Å². The summed E-state index contributed by atoms with van der Waals surface area (Å²) in [5.74, 6) is -0.114. The smallest absolute Gasteiger partial charge is 0.254 e. The number of rotatable bonds is 6. The molecular weight excluding hydrogens is 348 g/mol. The van der Waals surface area contributed by atoms with E-state index < -0.39 is 0 Å². The van der Waals surface area contributed by atoms with Gasteiger partial charge in [-0.2, -0.15) is 0 Å². The van der Waals surface area contributed by atoms with E-state index in [4.69, 9.17) is 11.6 Å². The highest BCUT2D eigenvalue weighted by atomic mass is 35.5. The van der Waals surface area contributed by atoms with Crippen molar-refractivity contribution in [3.05, 3.63) is 64.2 Å². The van der Waals surface area contributed by atoms with Crippen molar-refractivity contribution in [2.24, 2.45) is 0 Å². The molecule has 1 N–H and O–H groups in total. The Balaban J connectivity index is 1.80. The molecule has 2 aromatic carbocycles. The van der Waals surface area contributed by atoms with E-state index in [1.165, 1.54) is 12.8 Å². The van der Waals surface area contributed by atoms with Crippen molar-refractivity contribution >= 4 is 23.2 Å². The summed E-state index contributed by atoms with van der Waals surface area (Å²) in [5, 5.41) is 10.0. The Morgan fingerprint density at radius 2 is 1.92 bits per heavy atom. The van der Waals surface area contributed by atoms with E-state index in [1.807, 2.05) is 43.3 Å². The van der Waals surface area contributed by atoms with Crippen LogP contribution in [0.3, 0.4) is 0 Å². The summed E-state index contributed by atoms with van der Waals surface area (Å²) in [6.45, 7) is 4.74. The monoisotopic (exact) mass is 372 g/mol. The Kier molecular flexibility index (Phi) is 6.17. The van der Waals surface area contributed by atoms with Gasteiger partial charge < -0.3 is 14.9 Å². The first-order valence-electron chi connectivity index (χ1n) is 9.09. The van der Waals surface area contributed by atoms with E-state index >= 15 is 0 Å². The largest absolute Gasteiger partial charge is 0.395 e. The fourth-order valence-electron chi connectivity index (χ4n) is 3.40. The van der Waals surface area contributed by atoms with Gasteiger partial charge in [0.15, 0.2) is 0 Å². The van der Waals surface area contributed by atoms with E-state index in [1.54, 1.807) is 11.0 Å². The molecule has 2 aromatic rings. The van der Waals surface area contributed by atoms with Crippen LogP contribution in [0.4, 0.5) is 5.69 Å². The number of anilines is 1. The fourth-order valence-corrected chi connectivity index (χ4v) is 3.70. The van der Waals surface area contributed by atoms with Crippen LogP contribution in [-0.2, 0) is 6.54 Å². The van der Waals surface area contributed by atoms with Gasteiger partial charge in [-0.1, -0.05) is 35.9 Å². The van der Waals surface area contributed by atoms with E-state index in [-0.39, 0.29) is 12.5 Å². The van der Waals surface area contributed by atoms with E-state index in [0.29, 0.717) is 23.7 Å². The van der Waals surface area contributed by atoms with Crippen LogP contribution in [0, 0.1) is 6.92 Å². The highest BCUT2D eigenvalue weighted by molar-refractivity contribution is 6.33. The van der Waals surface area contributed by atoms with Crippen molar-refractivity contribution in [2.45, 2.75) is 26.3 Å². The highest BCUT2D eigenvalue weighted by Crippen LogP contribution is 2.30. The van der Waals surface area contributed by atoms with Gasteiger partial charge in [0.05, 0.1) is 17.3 Å². The van der Waals surface area contributed by atoms with Crippen LogP contribution in [0.25, 0.3) is 0 Å². The Morgan fingerprint density at radius 1 is 1.19 bits per heavy atom. The summed E-state index contributed by atoms with van der Waals surface area (Å²) in [6.07, 6.45) is 2.36. The molecule has 0 bridgehead atoms. The average Bonchev–Trinajstić information content (AvgIpc) is 3.16. The van der Waals surface area contributed by atoms with Gasteiger partial charge in [-0.25, -0.2) is 0 Å². The highest BCUT2D eigenvalue weighted by Gasteiger charge is 2.20. The number of nitrogens with zero attached hydrogens (tertiary/aromatic N) is 2. The average molecular weight is 373 g/mol. The molecule has 1 heterocycles. The normalized spacial score (nSPS) is 13.9. The SMILES string of the molecule is Cc1ccccc1CN(CCO)C(=O)c1ccc(N2CCCC2)c(Cl)c1. The zero-order valence-corrected chi connectivity index (χ0v) is 15.9. The molecule has 3 rings (SSSR count). The third-order valence-corrected chi connectivity index (χ3v) is 5.22. The number of carbonyl (C=O) groups excluding carboxylic acids is 1. The van der Waals surface area contributed by atoms with E-state index in [0.717, 1.165) is 29.9 Å². The molecule has 0 atom stereocenters. The van der Waals surface area contributed by atoms with Crippen LogP contribution in [0.5, 0.6) is 0 Å². The van der Waals surface area contributed by atoms with Crippen LogP contribution in [-0.4, -0.2) is 42.2 Å². The first kappa shape index (κ1) is 18.7. The molecule has 0 aromatic heterocycles. The number of hydrogen-bond donors (Lipinski definition) is 1. The number of hydrogen-bond acceptors (Lipinski definition) is 3. The summed E-state index contributed by atoms with van der Waals surface area (Å²) < 4.78 is 0. The van der Waals surface area contributed by atoms with Crippen molar-refractivity contribution in [3.8, 4) is 0 Å². The molecule has 0 radical (unpaired) electrons. The number of aliphatic hydroxyl groups excluding tert-OH is 1. The van der Waals surface area contributed by atoms with Crippen molar-refractivity contribution in [3.63, 3.8) is 0 Å². The fraction of sp³-hybridized carbons (Fsp3) is 0.381. The second-order valence-electron chi connectivity index (χ2n) is 6.74. The first-order valence-corrected chi connectivity index (χ1v) is 9.47. The van der Waals surface area contributed by atoms with Crippen molar-refractivity contribution in [1.29, 1.82) is 0 Å². The number of carbonyl (C=O) groups is 1. The summed E-state index contributed by atoms with van der Waals surface area (Å²) in [7, 11) is 0. The van der Waals surface area contributed by atoms with Gasteiger partial charge in [0, 0.05) is 31.7 Å². The van der Waals surface area contributed by atoms with Gasteiger partial charge in [0.2, 0.25) is 0 Å². The molecule has 0 spiro atoms. The van der Waals surface area contributed by atoms with Crippen molar-refractivity contribution in [2.75, 3.05) is 31.1 Å². The lowest BCUT2D eigenvalue weighted by Gasteiger charge is -2.24. The Bertz CT molecular complexity index is 772. The zero-order chi connectivity index (χ0) is 18.5. The lowest BCUT2D eigenvalue weighted by molar-refractivity contribution is 0.0707. The van der Waals surface area contributed by atoms with Gasteiger partial charge in [-0.05, 0) is 49.1 Å². The van der Waals surface area contributed by atoms with Gasteiger partial charge in [-0.3, -0.25) is 4.79 Å². The second-order valence-corrected chi connectivity index (χ2v) is 7.14. The summed E-state index contributed by atoms with van der Waals surface area (Å²) in [6, 6.07) is 13.5. The Labute approximate surface area is 160 Å². The van der Waals surface area contributed by atoms with Gasteiger partial charge in [-0.15, -0.1) is 0 Å². The van der Waals surface area contributed by atoms with Crippen LogP contribution in [0.2, 0.25) is 5.02 Å². The zero-order valence-electron chi connectivity index (χ0n) is 15.1. The maximum Gasteiger partial charge on any atom is 0.254 e. The minimum absolute atomic E-state index is 0.0722. The summed E-state index contributed by atoms with van der Waals surface area (Å²) >= 11 is 6.46. The number of aryl methyl sites for hydroxylation is 1. The predicted molar refractivity (Wildman–Crippen MR) is 106 cm³/mol. The second kappa shape index (κ2) is 8.56. The number of aliphatic hydroxyl groups is 1. The number of amides is 1. The minimum Gasteiger partial charge on any atom is -0.395 e. The number of benzene rings is 2. The maximum absolute atomic E-state index is 13.0. The molecule has 1 aliphatic heterocycles. The molecular formula is C21H25ClN2O2. The summed E-state index contributed by atoms with van der Waals surface area (Å²) in [4.78, 5) is 16.9. The molecule has 4 nitrogen and oxygen atoms in total. The third kappa shape index (κ3) is 4.19. The first-order chi connectivity index (χ1) is 12.6. The molecule has 0 saturated carbocycles. The molecule has 1 aliphatic rings. The lowest BCUT2D eigenvalue weighted by Crippen LogP contribution is -2.33. The quantitative estimate of drug-likeness (QED) is 0.836. The topological polar surface area (TPSA) is 43.8 Å². The van der Waals surface area contributed by atoms with Gasteiger partial charge >= 0.3 is 0 Å². The van der Waals surface area contributed by atoms with Gasteiger partial charge in [0.25, 0.3) is 5.91 Å². The number of halogens is 1. The maximum atomic E-state index is 13.0. The van der Waals surface area contributed by atoms with Crippen LogP contribution < -0.4 is 4.90 Å². The molecule has 0 aliphatic carbocycles. The molecule has 138 valence electrons. The molecule has 1 amide bonds. The molecule has 0 unspecified atom stereocenters. The minimum atomic E-state index is -0.114. The lowest BCUT2D eigenvalue weighted by atomic mass is 10.1. The van der Waals surface area contributed by atoms with Gasteiger partial charge in [0.1, 0.15) is 0 Å². The third-order valence-electron chi connectivity index (χ3n) is 4.92. The van der Waals surface area contributed by atoms with Crippen LogP contribution in [0.1, 0.15) is 34.3 Å². The molecule has 26 heavy (non-hydrogen) atoms. The molecule has 1 saturated heterocycles.